The average molecular weight is 337 g/mol. The molecule has 2 atom stereocenters. The third-order valence-corrected chi connectivity index (χ3v) is 4.82. The number of benzene rings is 1. The number of fused-ring (bicyclic) bond motifs is 1. The van der Waals surface area contributed by atoms with Crippen LogP contribution >= 0.6 is 15.9 Å². The molecule has 1 heterocycles. The molecule has 1 aliphatic carbocycles. The molecule has 2 aromatic rings. The van der Waals surface area contributed by atoms with Crippen molar-refractivity contribution < 1.29 is 9.32 Å². The highest BCUT2D eigenvalue weighted by atomic mass is 79.9. The third-order valence-electron chi connectivity index (χ3n) is 3.98. The van der Waals surface area contributed by atoms with E-state index in [-0.39, 0.29) is 12.3 Å². The maximum atomic E-state index is 12.2. The van der Waals surface area contributed by atoms with Crippen molar-refractivity contribution in [1.82, 2.24) is 10.5 Å². The highest BCUT2D eigenvalue weighted by Crippen LogP contribution is 2.27. The minimum atomic E-state index is 0.0295. The molecule has 1 amide bonds. The molecule has 5 heteroatoms. The van der Waals surface area contributed by atoms with E-state index in [1.165, 1.54) is 12.8 Å². The summed E-state index contributed by atoms with van der Waals surface area (Å²) in [6, 6.07) is 7.92. The lowest BCUT2D eigenvalue weighted by Crippen LogP contribution is -2.38. The van der Waals surface area contributed by atoms with Gasteiger partial charge >= 0.3 is 0 Å². The van der Waals surface area contributed by atoms with Gasteiger partial charge in [0.25, 0.3) is 0 Å². The molecular weight excluding hydrogens is 320 g/mol. The van der Waals surface area contributed by atoms with Crippen molar-refractivity contribution in [2.45, 2.75) is 31.7 Å². The van der Waals surface area contributed by atoms with Crippen LogP contribution in [0, 0.1) is 5.92 Å². The normalized spacial score (nSPS) is 22.2. The van der Waals surface area contributed by atoms with Gasteiger partial charge in [0.2, 0.25) is 5.91 Å². The summed E-state index contributed by atoms with van der Waals surface area (Å²) < 4.78 is 5.22. The molecule has 2 unspecified atom stereocenters. The molecule has 4 nitrogen and oxygen atoms in total. The van der Waals surface area contributed by atoms with Gasteiger partial charge in [0.1, 0.15) is 5.69 Å². The Labute approximate surface area is 126 Å². The number of aromatic nitrogens is 1. The van der Waals surface area contributed by atoms with E-state index in [0.717, 1.165) is 22.7 Å². The molecule has 20 heavy (non-hydrogen) atoms. The number of para-hydroxylation sites is 1. The second-order valence-electron chi connectivity index (χ2n) is 5.32. The fourth-order valence-corrected chi connectivity index (χ4v) is 3.66. The SMILES string of the molecule is O=C(Cc1noc2ccccc12)NC1CCCC1CBr. The Morgan fingerprint density at radius 1 is 1.40 bits per heavy atom. The lowest BCUT2D eigenvalue weighted by molar-refractivity contribution is -0.121. The van der Waals surface area contributed by atoms with Gasteiger partial charge < -0.3 is 9.84 Å². The molecule has 0 spiro atoms. The van der Waals surface area contributed by atoms with Crippen molar-refractivity contribution in [3.05, 3.63) is 30.0 Å². The number of rotatable bonds is 4. The molecular formula is C15H17BrN2O2. The number of hydrogen-bond acceptors (Lipinski definition) is 3. The Kier molecular flexibility index (Phi) is 4.05. The lowest BCUT2D eigenvalue weighted by Gasteiger charge is -2.18. The highest BCUT2D eigenvalue weighted by molar-refractivity contribution is 9.09. The van der Waals surface area contributed by atoms with Gasteiger partial charge in [-0.2, -0.15) is 0 Å². The minimum Gasteiger partial charge on any atom is -0.356 e. The zero-order valence-corrected chi connectivity index (χ0v) is 12.7. The van der Waals surface area contributed by atoms with Crippen LogP contribution in [0.3, 0.4) is 0 Å². The largest absolute Gasteiger partial charge is 0.356 e. The van der Waals surface area contributed by atoms with Crippen LogP contribution in [-0.2, 0) is 11.2 Å². The van der Waals surface area contributed by atoms with Gasteiger partial charge in [0.05, 0.1) is 6.42 Å². The van der Waals surface area contributed by atoms with Gasteiger partial charge in [0, 0.05) is 16.8 Å². The van der Waals surface area contributed by atoms with E-state index >= 15 is 0 Å². The summed E-state index contributed by atoms with van der Waals surface area (Å²) in [6.07, 6.45) is 3.72. The summed E-state index contributed by atoms with van der Waals surface area (Å²) in [6.45, 7) is 0. The molecule has 106 valence electrons. The summed E-state index contributed by atoms with van der Waals surface area (Å²) in [5.74, 6) is 0.579. The molecule has 0 aliphatic heterocycles. The van der Waals surface area contributed by atoms with Gasteiger partial charge in [-0.15, -0.1) is 0 Å². The van der Waals surface area contributed by atoms with Crippen molar-refractivity contribution in [3.8, 4) is 0 Å². The average Bonchev–Trinajstić information content (AvgIpc) is 3.06. The molecule has 1 aromatic heterocycles. The van der Waals surface area contributed by atoms with Crippen molar-refractivity contribution in [2.24, 2.45) is 5.92 Å². The molecule has 0 saturated heterocycles. The van der Waals surface area contributed by atoms with E-state index in [1.54, 1.807) is 0 Å². The number of nitrogens with one attached hydrogen (secondary N) is 1. The molecule has 3 rings (SSSR count). The quantitative estimate of drug-likeness (QED) is 0.873. The van der Waals surface area contributed by atoms with E-state index in [2.05, 4.69) is 26.4 Å². The highest BCUT2D eigenvalue weighted by Gasteiger charge is 2.27. The van der Waals surface area contributed by atoms with E-state index in [9.17, 15) is 4.79 Å². The molecule has 1 aliphatic rings. The van der Waals surface area contributed by atoms with Crippen molar-refractivity contribution in [2.75, 3.05) is 5.33 Å². The van der Waals surface area contributed by atoms with Crippen LogP contribution in [0.4, 0.5) is 0 Å². The van der Waals surface area contributed by atoms with Crippen molar-refractivity contribution in [1.29, 1.82) is 0 Å². The van der Waals surface area contributed by atoms with Crippen LogP contribution in [0.15, 0.2) is 28.8 Å². The van der Waals surface area contributed by atoms with Crippen molar-refractivity contribution >= 4 is 32.8 Å². The maximum absolute atomic E-state index is 12.2. The van der Waals surface area contributed by atoms with Crippen molar-refractivity contribution in [3.63, 3.8) is 0 Å². The summed E-state index contributed by atoms with van der Waals surface area (Å²) in [5.41, 5.74) is 1.45. The van der Waals surface area contributed by atoms with Crippen LogP contribution in [-0.4, -0.2) is 22.4 Å². The number of amides is 1. The number of halogens is 1. The minimum absolute atomic E-state index is 0.0295. The number of carbonyl (C=O) groups is 1. The van der Waals surface area contributed by atoms with E-state index in [1.807, 2.05) is 24.3 Å². The van der Waals surface area contributed by atoms with Gasteiger partial charge in [-0.05, 0) is 30.9 Å². The number of carbonyl (C=O) groups excluding carboxylic acids is 1. The first-order valence-electron chi connectivity index (χ1n) is 6.96. The second-order valence-corrected chi connectivity index (χ2v) is 5.97. The zero-order chi connectivity index (χ0) is 13.9. The van der Waals surface area contributed by atoms with E-state index in [4.69, 9.17) is 4.52 Å². The summed E-state index contributed by atoms with van der Waals surface area (Å²) in [4.78, 5) is 12.2. The topological polar surface area (TPSA) is 55.1 Å². The first-order chi connectivity index (χ1) is 9.78. The van der Waals surface area contributed by atoms with Crippen LogP contribution < -0.4 is 5.32 Å². The fourth-order valence-electron chi connectivity index (χ4n) is 2.89. The summed E-state index contributed by atoms with van der Waals surface area (Å²) >= 11 is 3.52. The molecule has 1 aromatic carbocycles. The number of alkyl halides is 1. The van der Waals surface area contributed by atoms with Gasteiger partial charge in [-0.25, -0.2) is 0 Å². The third kappa shape index (κ3) is 2.73. The van der Waals surface area contributed by atoms with Gasteiger partial charge in [-0.3, -0.25) is 4.79 Å². The van der Waals surface area contributed by atoms with Gasteiger partial charge in [0.15, 0.2) is 5.58 Å². The van der Waals surface area contributed by atoms with Gasteiger partial charge in [-0.1, -0.05) is 39.6 Å². The van der Waals surface area contributed by atoms with Crippen LogP contribution in [0.1, 0.15) is 25.0 Å². The molecule has 0 bridgehead atoms. The first-order valence-corrected chi connectivity index (χ1v) is 8.08. The van der Waals surface area contributed by atoms with E-state index in [0.29, 0.717) is 17.7 Å². The summed E-state index contributed by atoms with van der Waals surface area (Å²) in [5, 5.41) is 9.01. The first kappa shape index (κ1) is 13.6. The Balaban J connectivity index is 1.67. The molecule has 1 N–H and O–H groups in total. The van der Waals surface area contributed by atoms with Crippen LogP contribution in [0.5, 0.6) is 0 Å². The molecule has 1 saturated carbocycles. The zero-order valence-electron chi connectivity index (χ0n) is 11.1. The Morgan fingerprint density at radius 3 is 3.10 bits per heavy atom. The second kappa shape index (κ2) is 5.95. The predicted octanol–water partition coefficient (Wildman–Crippen LogP) is 3.05. The Morgan fingerprint density at radius 2 is 2.25 bits per heavy atom. The lowest BCUT2D eigenvalue weighted by atomic mass is 10.1. The Bertz CT molecular complexity index is 611. The maximum Gasteiger partial charge on any atom is 0.226 e. The summed E-state index contributed by atoms with van der Waals surface area (Å²) in [7, 11) is 0. The smallest absolute Gasteiger partial charge is 0.226 e. The fraction of sp³-hybridized carbons (Fsp3) is 0.467. The van der Waals surface area contributed by atoms with Crippen LogP contribution in [0.2, 0.25) is 0 Å². The number of hydrogen-bond donors (Lipinski definition) is 1. The monoisotopic (exact) mass is 336 g/mol. The molecule has 1 fully saturated rings. The number of nitrogens with zero attached hydrogens (tertiary/aromatic N) is 1. The Hall–Kier alpha value is -1.36. The standard InChI is InChI=1S/C15H17BrN2O2/c16-9-10-4-3-6-12(10)17-15(19)8-13-11-5-1-2-7-14(11)20-18-13/h1-2,5,7,10,12H,3-4,6,8-9H2,(H,17,19). The molecule has 0 radical (unpaired) electrons. The van der Waals surface area contributed by atoms with E-state index < -0.39 is 0 Å². The van der Waals surface area contributed by atoms with Crippen LogP contribution in [0.25, 0.3) is 11.0 Å². The predicted molar refractivity (Wildman–Crippen MR) is 80.8 cm³/mol.